The van der Waals surface area contributed by atoms with Crippen LogP contribution in [0.3, 0.4) is 0 Å². The van der Waals surface area contributed by atoms with Crippen LogP contribution >= 0.6 is 11.8 Å². The number of β-lactam (4-membered cyclic amide) rings is 1. The molecule has 0 aromatic carbocycles. The fraction of sp³-hybridized carbons (Fsp3) is 0.750. The second-order valence-corrected chi connectivity index (χ2v) is 10.1. The van der Waals surface area contributed by atoms with Crippen LogP contribution in [-0.2, 0) is 14.4 Å². The van der Waals surface area contributed by atoms with Crippen molar-refractivity contribution in [1.29, 1.82) is 0 Å². The van der Waals surface area contributed by atoms with Crippen LogP contribution in [0.2, 0.25) is 0 Å². The quantitative estimate of drug-likeness (QED) is 0.407. The normalized spacial score (nSPS) is 36.9. The van der Waals surface area contributed by atoms with Crippen LogP contribution < -0.4 is 10.6 Å². The maximum atomic E-state index is 12.8. The fourth-order valence-electron chi connectivity index (χ4n) is 5.26. The number of carbonyl (C=O) groups excluding carboxylic acids is 2. The first-order chi connectivity index (χ1) is 14.2. The Labute approximate surface area is 180 Å². The van der Waals surface area contributed by atoms with Gasteiger partial charge < -0.3 is 30.6 Å². The lowest BCUT2D eigenvalue weighted by Gasteiger charge is -2.46. The summed E-state index contributed by atoms with van der Waals surface area (Å²) >= 11 is 1.47. The molecule has 3 saturated heterocycles. The topological polar surface area (TPSA) is 122 Å². The number of rotatable bonds is 6. The van der Waals surface area contributed by atoms with Crippen LogP contribution in [0.25, 0.3) is 0 Å². The zero-order chi connectivity index (χ0) is 21.7. The van der Waals surface area contributed by atoms with Gasteiger partial charge in [-0.2, -0.15) is 0 Å². The van der Waals surface area contributed by atoms with E-state index in [9.17, 15) is 24.6 Å². The third-order valence-corrected chi connectivity index (χ3v) is 8.41. The molecule has 30 heavy (non-hydrogen) atoms. The number of thioether (sulfide) groups is 1. The van der Waals surface area contributed by atoms with Gasteiger partial charge in [0.15, 0.2) is 0 Å². The predicted molar refractivity (Wildman–Crippen MR) is 111 cm³/mol. The van der Waals surface area contributed by atoms with Gasteiger partial charge in [-0.3, -0.25) is 9.59 Å². The Morgan fingerprint density at radius 2 is 2.10 bits per heavy atom. The summed E-state index contributed by atoms with van der Waals surface area (Å²) in [4.78, 5) is 41.2. The molecule has 10 heteroatoms. The Bertz CT molecular complexity index is 787. The minimum Gasteiger partial charge on any atom is -0.477 e. The average Bonchev–Trinajstić information content (AvgIpc) is 3.40. The Kier molecular flexibility index (Phi) is 5.86. The molecule has 7 atom stereocenters. The SMILES string of the molecule is CN[C@H]1CCN(C(=O)[C@@H]2C[C@H](SC3=C(C(=O)O)N4C(=O)[C@H]([C@@H](C)O)[C@H]4[C@H]3C)CN2)C1. The number of hydrogen-bond donors (Lipinski definition) is 4. The van der Waals surface area contributed by atoms with Gasteiger partial charge in [0, 0.05) is 41.7 Å². The average molecular weight is 439 g/mol. The largest absolute Gasteiger partial charge is 0.477 e. The van der Waals surface area contributed by atoms with Crippen molar-refractivity contribution >= 4 is 29.5 Å². The summed E-state index contributed by atoms with van der Waals surface area (Å²) in [6, 6.07) is -0.222. The van der Waals surface area contributed by atoms with E-state index in [-0.39, 0.29) is 40.8 Å². The van der Waals surface area contributed by atoms with Gasteiger partial charge in [-0.25, -0.2) is 4.79 Å². The van der Waals surface area contributed by atoms with Crippen LogP contribution in [0, 0.1) is 11.8 Å². The molecule has 4 heterocycles. The van der Waals surface area contributed by atoms with E-state index < -0.39 is 18.0 Å². The van der Waals surface area contributed by atoms with Crippen LogP contribution in [0.4, 0.5) is 0 Å². The van der Waals surface area contributed by atoms with E-state index in [1.807, 2.05) is 18.9 Å². The molecule has 0 aliphatic carbocycles. The number of fused-ring (bicyclic) bond motifs is 1. The molecule has 2 amide bonds. The van der Waals surface area contributed by atoms with E-state index >= 15 is 0 Å². The second kappa shape index (κ2) is 8.14. The molecule has 0 aromatic rings. The molecule has 0 bridgehead atoms. The highest BCUT2D eigenvalue weighted by atomic mass is 32.2. The van der Waals surface area contributed by atoms with Gasteiger partial charge in [-0.05, 0) is 26.8 Å². The van der Waals surface area contributed by atoms with Crippen LogP contribution in [-0.4, -0.2) is 94.0 Å². The van der Waals surface area contributed by atoms with Gasteiger partial charge in [0.05, 0.1) is 24.1 Å². The smallest absolute Gasteiger partial charge is 0.353 e. The van der Waals surface area contributed by atoms with Crippen LogP contribution in [0.5, 0.6) is 0 Å². The zero-order valence-corrected chi connectivity index (χ0v) is 18.3. The van der Waals surface area contributed by atoms with Crippen molar-refractivity contribution < 1.29 is 24.6 Å². The first-order valence-electron chi connectivity index (χ1n) is 10.6. The standard InChI is InChI=1S/C20H30N4O5S/c1-9-15-14(10(2)25)19(27)24(15)16(20(28)29)17(9)30-12-6-13(22-7-12)18(26)23-5-4-11(8-23)21-3/h9-15,21-22,25H,4-8H2,1-3H3,(H,28,29)/t9-,10-,11+,12+,13+,14-,15-/m1/s1. The number of aliphatic hydroxyl groups is 1. The number of hydrogen-bond acceptors (Lipinski definition) is 7. The Morgan fingerprint density at radius 3 is 2.70 bits per heavy atom. The van der Waals surface area contributed by atoms with Crippen molar-refractivity contribution in [2.75, 3.05) is 26.7 Å². The number of nitrogens with zero attached hydrogens (tertiary/aromatic N) is 2. The van der Waals surface area contributed by atoms with Gasteiger partial charge >= 0.3 is 5.97 Å². The first kappa shape index (κ1) is 21.6. The van der Waals surface area contributed by atoms with E-state index in [2.05, 4.69) is 10.6 Å². The van der Waals surface area contributed by atoms with Crippen LogP contribution in [0.1, 0.15) is 26.7 Å². The summed E-state index contributed by atoms with van der Waals surface area (Å²) < 4.78 is 0. The predicted octanol–water partition coefficient (Wildman–Crippen LogP) is -0.576. The van der Waals surface area contributed by atoms with Gasteiger partial charge in [-0.15, -0.1) is 11.8 Å². The van der Waals surface area contributed by atoms with Crippen molar-refractivity contribution in [3.8, 4) is 0 Å². The molecule has 0 saturated carbocycles. The highest BCUT2D eigenvalue weighted by molar-refractivity contribution is 8.03. The van der Waals surface area contributed by atoms with Crippen molar-refractivity contribution in [2.45, 2.75) is 56.2 Å². The minimum absolute atomic E-state index is 0.0468. The summed E-state index contributed by atoms with van der Waals surface area (Å²) in [5, 5.41) is 26.3. The Morgan fingerprint density at radius 1 is 1.37 bits per heavy atom. The molecular formula is C20H30N4O5S. The number of likely N-dealkylation sites (N-methyl/N-ethyl adjacent to an activating group) is 1. The number of aliphatic hydroxyl groups excluding tert-OH is 1. The number of carboxylic acid groups (broad SMARTS) is 1. The number of nitrogens with one attached hydrogen (secondary N) is 2. The molecule has 4 aliphatic rings. The van der Waals surface area contributed by atoms with Crippen molar-refractivity contribution in [2.24, 2.45) is 11.8 Å². The summed E-state index contributed by atoms with van der Waals surface area (Å²) in [5.41, 5.74) is 0.0468. The fourth-order valence-corrected chi connectivity index (χ4v) is 6.73. The molecule has 0 aromatic heterocycles. The van der Waals surface area contributed by atoms with Crippen molar-refractivity contribution in [3.63, 3.8) is 0 Å². The molecule has 0 spiro atoms. The summed E-state index contributed by atoms with van der Waals surface area (Å²) in [6.07, 6.45) is 0.777. The van der Waals surface area contributed by atoms with Crippen molar-refractivity contribution in [3.05, 3.63) is 10.6 Å². The second-order valence-electron chi connectivity index (χ2n) is 8.77. The Balaban J connectivity index is 1.44. The van der Waals surface area contributed by atoms with Crippen LogP contribution in [0.15, 0.2) is 10.6 Å². The monoisotopic (exact) mass is 438 g/mol. The molecule has 4 N–H and O–H groups in total. The molecule has 4 rings (SSSR count). The molecule has 166 valence electrons. The van der Waals surface area contributed by atoms with E-state index in [0.29, 0.717) is 23.9 Å². The molecule has 3 fully saturated rings. The molecule has 4 aliphatic heterocycles. The number of carbonyl (C=O) groups is 3. The van der Waals surface area contributed by atoms with Gasteiger partial charge in [0.2, 0.25) is 11.8 Å². The minimum atomic E-state index is -1.11. The third kappa shape index (κ3) is 3.43. The highest BCUT2D eigenvalue weighted by Gasteiger charge is 2.60. The zero-order valence-electron chi connectivity index (χ0n) is 17.5. The molecule has 0 radical (unpaired) electrons. The summed E-state index contributed by atoms with van der Waals surface area (Å²) in [7, 11) is 1.91. The van der Waals surface area contributed by atoms with E-state index in [4.69, 9.17) is 0 Å². The molecular weight excluding hydrogens is 408 g/mol. The number of carboxylic acids is 1. The van der Waals surface area contributed by atoms with Gasteiger partial charge in [0.25, 0.3) is 0 Å². The lowest BCUT2D eigenvalue weighted by atomic mass is 9.79. The summed E-state index contributed by atoms with van der Waals surface area (Å²) in [5.74, 6) is -2.03. The van der Waals surface area contributed by atoms with E-state index in [1.165, 1.54) is 16.7 Å². The maximum Gasteiger partial charge on any atom is 0.353 e. The Hall–Kier alpha value is -1.62. The van der Waals surface area contributed by atoms with Crippen molar-refractivity contribution in [1.82, 2.24) is 20.4 Å². The number of amides is 2. The van der Waals surface area contributed by atoms with Gasteiger partial charge in [0.1, 0.15) is 5.70 Å². The number of likely N-dealkylation sites (tertiary alicyclic amines) is 1. The van der Waals surface area contributed by atoms with E-state index in [1.54, 1.807) is 6.92 Å². The number of aliphatic carboxylic acids is 1. The first-order valence-corrected chi connectivity index (χ1v) is 11.5. The lowest BCUT2D eigenvalue weighted by Crippen LogP contribution is -2.63. The molecule has 9 nitrogen and oxygen atoms in total. The highest BCUT2D eigenvalue weighted by Crippen LogP contribution is 2.51. The van der Waals surface area contributed by atoms with Gasteiger partial charge in [-0.1, -0.05) is 6.92 Å². The van der Waals surface area contributed by atoms with E-state index in [0.717, 1.165) is 19.5 Å². The summed E-state index contributed by atoms with van der Waals surface area (Å²) in [6.45, 7) is 5.59. The lowest BCUT2D eigenvalue weighted by molar-refractivity contribution is -0.163. The maximum absolute atomic E-state index is 12.8. The third-order valence-electron chi connectivity index (χ3n) is 6.90. The molecule has 0 unspecified atom stereocenters.